The van der Waals surface area contributed by atoms with E-state index >= 15 is 0 Å². The number of hydrogen-bond donors (Lipinski definition) is 2. The summed E-state index contributed by atoms with van der Waals surface area (Å²) >= 11 is 5.94. The van der Waals surface area contributed by atoms with Crippen LogP contribution in [0.2, 0.25) is 5.02 Å². The predicted molar refractivity (Wildman–Crippen MR) is 110 cm³/mol. The van der Waals surface area contributed by atoms with Crippen molar-refractivity contribution in [3.05, 3.63) is 53.1 Å². The summed E-state index contributed by atoms with van der Waals surface area (Å²) in [5.41, 5.74) is 1.43. The van der Waals surface area contributed by atoms with E-state index in [2.05, 4.69) is 10.6 Å². The summed E-state index contributed by atoms with van der Waals surface area (Å²) in [5, 5.41) is 14.7. The van der Waals surface area contributed by atoms with Crippen LogP contribution in [0.4, 0.5) is 11.4 Å². The normalized spacial score (nSPS) is 11.1. The average molecular weight is 421 g/mol. The van der Waals surface area contributed by atoms with Gasteiger partial charge in [-0.1, -0.05) is 25.4 Å². The Morgan fingerprint density at radius 3 is 2.25 bits per heavy atom. The highest BCUT2D eigenvalue weighted by molar-refractivity contribution is 7.89. The molecule has 0 spiro atoms. The molecule has 0 heterocycles. The van der Waals surface area contributed by atoms with Gasteiger partial charge >= 0.3 is 0 Å². The fraction of sp³-hybridized carbons (Fsp3) is 0.263. The molecule has 0 saturated heterocycles. The van der Waals surface area contributed by atoms with Gasteiger partial charge in [0.15, 0.2) is 0 Å². The van der Waals surface area contributed by atoms with Gasteiger partial charge in [0, 0.05) is 24.5 Å². The molecule has 2 rings (SSSR count). The van der Waals surface area contributed by atoms with Crippen molar-refractivity contribution in [3.8, 4) is 6.07 Å². The molecule has 9 heteroatoms. The van der Waals surface area contributed by atoms with Crippen LogP contribution >= 0.6 is 11.6 Å². The van der Waals surface area contributed by atoms with Gasteiger partial charge in [-0.3, -0.25) is 4.79 Å². The first-order valence-corrected chi connectivity index (χ1v) is 10.5. The second-order valence-electron chi connectivity index (χ2n) is 5.82. The summed E-state index contributed by atoms with van der Waals surface area (Å²) in [5.74, 6) is -0.305. The van der Waals surface area contributed by atoms with Crippen LogP contribution in [-0.2, 0) is 14.8 Å². The minimum absolute atomic E-state index is 0.0141. The number of hydrogen-bond acceptors (Lipinski definition) is 5. The van der Waals surface area contributed by atoms with E-state index < -0.39 is 10.0 Å². The van der Waals surface area contributed by atoms with Crippen LogP contribution in [-0.4, -0.2) is 38.3 Å². The molecule has 1 amide bonds. The van der Waals surface area contributed by atoms with Gasteiger partial charge < -0.3 is 10.6 Å². The number of nitrogens with zero attached hydrogens (tertiary/aromatic N) is 2. The van der Waals surface area contributed by atoms with Crippen molar-refractivity contribution in [1.29, 1.82) is 5.26 Å². The highest BCUT2D eigenvalue weighted by atomic mass is 35.5. The number of nitrogens with one attached hydrogen (secondary N) is 2. The van der Waals surface area contributed by atoms with Gasteiger partial charge in [0.05, 0.1) is 22.0 Å². The molecular formula is C19H21ClN4O3S. The molecule has 0 saturated carbocycles. The Balaban J connectivity index is 1.97. The third kappa shape index (κ3) is 5.23. The Kier molecular flexibility index (Phi) is 7.40. The predicted octanol–water partition coefficient (Wildman–Crippen LogP) is 3.29. The number of rotatable bonds is 8. The molecule has 0 aliphatic carbocycles. The molecule has 0 fully saturated rings. The first-order valence-electron chi connectivity index (χ1n) is 8.65. The Morgan fingerprint density at radius 1 is 1.11 bits per heavy atom. The van der Waals surface area contributed by atoms with Gasteiger partial charge in [0.1, 0.15) is 6.07 Å². The summed E-state index contributed by atoms with van der Waals surface area (Å²) in [4.78, 5) is 12.3. The van der Waals surface area contributed by atoms with Crippen molar-refractivity contribution in [2.45, 2.75) is 18.7 Å². The van der Waals surface area contributed by atoms with Crippen molar-refractivity contribution in [2.75, 3.05) is 30.3 Å². The van der Waals surface area contributed by atoms with Crippen molar-refractivity contribution in [3.63, 3.8) is 0 Å². The molecular weight excluding hydrogens is 400 g/mol. The number of carbonyl (C=O) groups is 1. The van der Waals surface area contributed by atoms with Crippen LogP contribution in [0.15, 0.2) is 47.4 Å². The van der Waals surface area contributed by atoms with E-state index in [4.69, 9.17) is 16.9 Å². The van der Waals surface area contributed by atoms with Gasteiger partial charge in [-0.15, -0.1) is 0 Å². The summed E-state index contributed by atoms with van der Waals surface area (Å²) in [6, 6.07) is 12.8. The molecule has 2 aromatic carbocycles. The van der Waals surface area contributed by atoms with Crippen molar-refractivity contribution in [2.24, 2.45) is 0 Å². The molecule has 148 valence electrons. The summed E-state index contributed by atoms with van der Waals surface area (Å²) in [6.07, 6.45) is 0. The second-order valence-corrected chi connectivity index (χ2v) is 8.17. The molecule has 0 aromatic heterocycles. The lowest BCUT2D eigenvalue weighted by Crippen LogP contribution is -2.30. The van der Waals surface area contributed by atoms with E-state index in [1.165, 1.54) is 28.6 Å². The quantitative estimate of drug-likeness (QED) is 0.682. The highest BCUT2D eigenvalue weighted by Gasteiger charge is 2.21. The number of halogens is 1. The van der Waals surface area contributed by atoms with Crippen LogP contribution in [0.3, 0.4) is 0 Å². The van der Waals surface area contributed by atoms with Gasteiger partial charge in [-0.2, -0.15) is 9.57 Å². The molecule has 0 unspecified atom stereocenters. The molecule has 0 aliphatic heterocycles. The summed E-state index contributed by atoms with van der Waals surface area (Å²) in [7, 11) is -3.51. The largest absolute Gasteiger partial charge is 0.376 e. The molecule has 28 heavy (non-hydrogen) atoms. The van der Waals surface area contributed by atoms with Crippen LogP contribution in [0.25, 0.3) is 0 Å². The molecule has 2 aromatic rings. The van der Waals surface area contributed by atoms with E-state index in [0.29, 0.717) is 30.0 Å². The van der Waals surface area contributed by atoms with E-state index in [1.807, 2.05) is 6.07 Å². The Hall–Kier alpha value is -2.60. The summed E-state index contributed by atoms with van der Waals surface area (Å²) in [6.45, 7) is 4.36. The molecule has 0 radical (unpaired) electrons. The van der Waals surface area contributed by atoms with E-state index in [-0.39, 0.29) is 22.4 Å². The molecule has 0 atom stereocenters. The van der Waals surface area contributed by atoms with E-state index in [0.717, 1.165) is 0 Å². The first kappa shape index (κ1) is 21.7. The summed E-state index contributed by atoms with van der Waals surface area (Å²) < 4.78 is 26.3. The zero-order chi connectivity index (χ0) is 20.7. The zero-order valence-corrected chi connectivity index (χ0v) is 17.1. The Labute approximate surface area is 170 Å². The number of nitriles is 1. The number of sulfonamides is 1. The van der Waals surface area contributed by atoms with Crippen LogP contribution in [0.5, 0.6) is 0 Å². The second kappa shape index (κ2) is 9.55. The van der Waals surface area contributed by atoms with Gasteiger partial charge in [-0.05, 0) is 42.5 Å². The Morgan fingerprint density at radius 2 is 1.71 bits per heavy atom. The fourth-order valence-corrected chi connectivity index (χ4v) is 4.21. The SMILES string of the molecule is CCN(CC)S(=O)(=O)c1ccc(NCC(=O)Nc2ccc(C#N)c(Cl)c2)cc1. The van der Waals surface area contributed by atoms with Crippen LogP contribution < -0.4 is 10.6 Å². The lowest BCUT2D eigenvalue weighted by molar-refractivity contribution is -0.114. The highest BCUT2D eigenvalue weighted by Crippen LogP contribution is 2.20. The van der Waals surface area contributed by atoms with Crippen molar-refractivity contribution >= 4 is 38.9 Å². The lowest BCUT2D eigenvalue weighted by atomic mass is 10.2. The maximum absolute atomic E-state index is 12.5. The molecule has 2 N–H and O–H groups in total. The van der Waals surface area contributed by atoms with Gasteiger partial charge in [0.2, 0.25) is 15.9 Å². The van der Waals surface area contributed by atoms with E-state index in [1.54, 1.807) is 32.0 Å². The molecule has 0 bridgehead atoms. The topological polar surface area (TPSA) is 102 Å². The van der Waals surface area contributed by atoms with Crippen LogP contribution in [0.1, 0.15) is 19.4 Å². The van der Waals surface area contributed by atoms with Crippen LogP contribution in [0, 0.1) is 11.3 Å². The third-order valence-corrected chi connectivity index (χ3v) is 6.40. The third-order valence-electron chi connectivity index (χ3n) is 4.02. The standard InChI is InChI=1S/C19H21ClN4O3S/c1-3-24(4-2)28(26,27)17-9-7-15(8-10-17)22-13-19(25)23-16-6-5-14(12-21)18(20)11-16/h5-11,22H,3-4,13H2,1-2H3,(H,23,25). The number of carbonyl (C=O) groups excluding carboxylic acids is 1. The van der Waals surface area contributed by atoms with Crippen molar-refractivity contribution in [1.82, 2.24) is 4.31 Å². The fourth-order valence-electron chi connectivity index (χ4n) is 2.53. The number of amides is 1. The van der Waals surface area contributed by atoms with Gasteiger partial charge in [-0.25, -0.2) is 8.42 Å². The van der Waals surface area contributed by atoms with Crippen molar-refractivity contribution < 1.29 is 13.2 Å². The zero-order valence-electron chi connectivity index (χ0n) is 15.6. The maximum atomic E-state index is 12.5. The van der Waals surface area contributed by atoms with E-state index in [9.17, 15) is 13.2 Å². The maximum Gasteiger partial charge on any atom is 0.243 e. The minimum Gasteiger partial charge on any atom is -0.376 e. The van der Waals surface area contributed by atoms with Gasteiger partial charge in [0.25, 0.3) is 0 Å². The molecule has 7 nitrogen and oxygen atoms in total. The lowest BCUT2D eigenvalue weighted by Gasteiger charge is -2.18. The minimum atomic E-state index is -3.51. The monoisotopic (exact) mass is 420 g/mol. The average Bonchev–Trinajstić information content (AvgIpc) is 2.67. The Bertz CT molecular complexity index is 981. The first-order chi connectivity index (χ1) is 13.3. The number of benzene rings is 2. The molecule has 0 aliphatic rings. The number of anilines is 2. The smallest absolute Gasteiger partial charge is 0.243 e.